The van der Waals surface area contributed by atoms with E-state index >= 15 is 0 Å². The number of hydrogen-bond acceptors (Lipinski definition) is 5. The van der Waals surface area contributed by atoms with Crippen molar-refractivity contribution in [3.8, 4) is 5.75 Å². The van der Waals surface area contributed by atoms with Crippen molar-refractivity contribution < 1.29 is 17.9 Å². The van der Waals surface area contributed by atoms with Crippen LogP contribution in [0, 0.1) is 11.8 Å². The number of sulfonamides is 1. The Balaban J connectivity index is 1.64. The SMILES string of the molecule is COc1ccc(S(=O)(=O)N[C@@H](C)C(=O)N2CC3CCC(N)C3C2)cc1. The first kappa shape index (κ1) is 18.2. The maximum Gasteiger partial charge on any atom is 0.241 e. The van der Waals surface area contributed by atoms with Crippen LogP contribution in [0.4, 0.5) is 0 Å². The molecule has 1 aromatic carbocycles. The number of ether oxygens (including phenoxy) is 1. The maximum atomic E-state index is 12.6. The second kappa shape index (κ2) is 6.93. The lowest BCUT2D eigenvalue weighted by Gasteiger charge is -2.23. The number of amides is 1. The number of hydrogen-bond donors (Lipinski definition) is 2. The molecule has 1 aromatic rings. The third-order valence-corrected chi connectivity index (χ3v) is 6.85. The van der Waals surface area contributed by atoms with E-state index in [2.05, 4.69) is 4.72 Å². The molecular formula is C17H25N3O4S. The van der Waals surface area contributed by atoms with E-state index in [0.717, 1.165) is 12.8 Å². The minimum Gasteiger partial charge on any atom is -0.497 e. The fourth-order valence-corrected chi connectivity index (χ4v) is 5.06. The minimum atomic E-state index is -3.77. The molecule has 1 aliphatic heterocycles. The highest BCUT2D eigenvalue weighted by atomic mass is 32.2. The topological polar surface area (TPSA) is 102 Å². The molecule has 0 spiro atoms. The van der Waals surface area contributed by atoms with E-state index in [4.69, 9.17) is 10.5 Å². The molecule has 8 heteroatoms. The zero-order valence-electron chi connectivity index (χ0n) is 14.5. The van der Waals surface area contributed by atoms with Crippen molar-refractivity contribution in [3.05, 3.63) is 24.3 Å². The van der Waals surface area contributed by atoms with Gasteiger partial charge < -0.3 is 15.4 Å². The van der Waals surface area contributed by atoms with Crippen LogP contribution in [-0.2, 0) is 14.8 Å². The molecule has 25 heavy (non-hydrogen) atoms. The molecule has 7 nitrogen and oxygen atoms in total. The molecule has 0 aromatic heterocycles. The fraction of sp³-hybridized carbons (Fsp3) is 0.588. The fourth-order valence-electron chi connectivity index (χ4n) is 3.87. The van der Waals surface area contributed by atoms with Crippen LogP contribution >= 0.6 is 0 Å². The Morgan fingerprint density at radius 2 is 1.96 bits per heavy atom. The molecule has 1 aliphatic carbocycles. The van der Waals surface area contributed by atoms with Gasteiger partial charge in [0.1, 0.15) is 5.75 Å². The van der Waals surface area contributed by atoms with Gasteiger partial charge in [-0.3, -0.25) is 4.79 Å². The summed E-state index contributed by atoms with van der Waals surface area (Å²) in [6.45, 7) is 2.88. The number of fused-ring (bicyclic) bond motifs is 1. The van der Waals surface area contributed by atoms with Crippen molar-refractivity contribution >= 4 is 15.9 Å². The Morgan fingerprint density at radius 1 is 1.28 bits per heavy atom. The maximum absolute atomic E-state index is 12.6. The van der Waals surface area contributed by atoms with Crippen molar-refractivity contribution in [2.24, 2.45) is 17.6 Å². The van der Waals surface area contributed by atoms with Crippen LogP contribution in [0.25, 0.3) is 0 Å². The lowest BCUT2D eigenvalue weighted by molar-refractivity contribution is -0.131. The molecule has 0 radical (unpaired) electrons. The summed E-state index contributed by atoms with van der Waals surface area (Å²) < 4.78 is 32.4. The van der Waals surface area contributed by atoms with Gasteiger partial charge in [-0.1, -0.05) is 0 Å². The standard InChI is InChI=1S/C17H25N3O4S/c1-11(17(21)20-9-12-3-8-16(18)15(12)10-20)19-25(22,23)14-6-4-13(24-2)5-7-14/h4-7,11-12,15-16,19H,3,8-10,18H2,1-2H3/t11-,12?,15?,16?/m0/s1. The molecule has 3 N–H and O–H groups in total. The zero-order valence-corrected chi connectivity index (χ0v) is 15.3. The Labute approximate surface area is 148 Å². The third-order valence-electron chi connectivity index (χ3n) is 5.30. The van der Waals surface area contributed by atoms with Crippen LogP contribution in [-0.4, -0.2) is 51.5 Å². The van der Waals surface area contributed by atoms with Gasteiger partial charge in [0, 0.05) is 19.1 Å². The molecule has 1 heterocycles. The molecule has 3 unspecified atom stereocenters. The van der Waals surface area contributed by atoms with Crippen molar-refractivity contribution in [1.82, 2.24) is 9.62 Å². The van der Waals surface area contributed by atoms with Gasteiger partial charge in [-0.2, -0.15) is 4.72 Å². The number of methoxy groups -OCH3 is 1. The minimum absolute atomic E-state index is 0.105. The van der Waals surface area contributed by atoms with E-state index in [1.807, 2.05) is 0 Å². The highest BCUT2D eigenvalue weighted by Gasteiger charge is 2.43. The second-order valence-electron chi connectivity index (χ2n) is 6.93. The number of carbonyl (C=O) groups is 1. The number of likely N-dealkylation sites (tertiary alicyclic amines) is 1. The largest absolute Gasteiger partial charge is 0.497 e. The quantitative estimate of drug-likeness (QED) is 0.792. The Morgan fingerprint density at radius 3 is 2.56 bits per heavy atom. The lowest BCUT2D eigenvalue weighted by atomic mass is 9.98. The number of rotatable bonds is 5. The summed E-state index contributed by atoms with van der Waals surface area (Å²) in [6, 6.07) is 5.39. The van der Waals surface area contributed by atoms with Gasteiger partial charge in [0.2, 0.25) is 15.9 Å². The van der Waals surface area contributed by atoms with Crippen LogP contribution in [0.2, 0.25) is 0 Å². The molecule has 1 amide bonds. The summed E-state index contributed by atoms with van der Waals surface area (Å²) in [5.74, 6) is 1.17. The van der Waals surface area contributed by atoms with E-state index in [0.29, 0.717) is 30.7 Å². The highest BCUT2D eigenvalue weighted by Crippen LogP contribution is 2.37. The summed E-state index contributed by atoms with van der Waals surface area (Å²) in [7, 11) is -2.25. The van der Waals surface area contributed by atoms with Gasteiger partial charge >= 0.3 is 0 Å². The zero-order chi connectivity index (χ0) is 18.2. The van der Waals surface area contributed by atoms with Crippen molar-refractivity contribution in [1.29, 1.82) is 0 Å². The normalized spacial score (nSPS) is 27.2. The van der Waals surface area contributed by atoms with Gasteiger partial charge in [0.15, 0.2) is 0 Å². The molecule has 1 saturated carbocycles. The number of nitrogens with two attached hydrogens (primary N) is 1. The van der Waals surface area contributed by atoms with Crippen molar-refractivity contribution in [3.63, 3.8) is 0 Å². The summed E-state index contributed by atoms with van der Waals surface area (Å²) in [6.07, 6.45) is 2.05. The van der Waals surface area contributed by atoms with Crippen molar-refractivity contribution in [2.45, 2.75) is 36.7 Å². The Kier molecular flexibility index (Phi) is 5.04. The van der Waals surface area contributed by atoms with Gasteiger partial charge in [-0.05, 0) is 55.9 Å². The predicted octanol–water partition coefficient (Wildman–Crippen LogP) is 0.558. The first-order valence-electron chi connectivity index (χ1n) is 8.52. The molecule has 2 aliphatic rings. The summed E-state index contributed by atoms with van der Waals surface area (Å²) in [5, 5.41) is 0. The Bertz CT molecular complexity index is 735. The third kappa shape index (κ3) is 3.65. The average molecular weight is 367 g/mol. The summed E-state index contributed by atoms with van der Waals surface area (Å²) in [4.78, 5) is 14.5. The molecule has 4 atom stereocenters. The van der Waals surface area contributed by atoms with Gasteiger partial charge in [0.05, 0.1) is 18.0 Å². The van der Waals surface area contributed by atoms with Crippen LogP contribution in [0.5, 0.6) is 5.75 Å². The van der Waals surface area contributed by atoms with E-state index in [9.17, 15) is 13.2 Å². The van der Waals surface area contributed by atoms with Crippen LogP contribution in [0.15, 0.2) is 29.2 Å². The average Bonchev–Trinajstić information content (AvgIpc) is 3.16. The molecule has 138 valence electrons. The Hall–Kier alpha value is -1.64. The summed E-state index contributed by atoms with van der Waals surface area (Å²) in [5.41, 5.74) is 6.10. The molecular weight excluding hydrogens is 342 g/mol. The van der Waals surface area contributed by atoms with E-state index in [-0.39, 0.29) is 16.8 Å². The monoisotopic (exact) mass is 367 g/mol. The smallest absolute Gasteiger partial charge is 0.241 e. The van der Waals surface area contributed by atoms with Gasteiger partial charge in [-0.15, -0.1) is 0 Å². The van der Waals surface area contributed by atoms with E-state index in [1.165, 1.54) is 19.2 Å². The number of nitrogens with one attached hydrogen (secondary N) is 1. The van der Waals surface area contributed by atoms with Crippen LogP contribution in [0.3, 0.4) is 0 Å². The molecule has 0 bridgehead atoms. The van der Waals surface area contributed by atoms with Gasteiger partial charge in [0.25, 0.3) is 0 Å². The van der Waals surface area contributed by atoms with Crippen molar-refractivity contribution in [2.75, 3.05) is 20.2 Å². The van der Waals surface area contributed by atoms with Crippen LogP contribution < -0.4 is 15.2 Å². The second-order valence-corrected chi connectivity index (χ2v) is 8.64. The highest BCUT2D eigenvalue weighted by molar-refractivity contribution is 7.89. The van der Waals surface area contributed by atoms with E-state index < -0.39 is 16.1 Å². The van der Waals surface area contributed by atoms with E-state index in [1.54, 1.807) is 24.0 Å². The first-order chi connectivity index (χ1) is 11.8. The molecule has 3 rings (SSSR count). The summed E-state index contributed by atoms with van der Waals surface area (Å²) >= 11 is 0. The molecule has 2 fully saturated rings. The lowest BCUT2D eigenvalue weighted by Crippen LogP contribution is -2.46. The van der Waals surface area contributed by atoms with Gasteiger partial charge in [-0.25, -0.2) is 8.42 Å². The van der Waals surface area contributed by atoms with Crippen LogP contribution in [0.1, 0.15) is 19.8 Å². The number of benzene rings is 1. The molecule has 1 saturated heterocycles. The first-order valence-corrected chi connectivity index (χ1v) is 10.0. The predicted molar refractivity (Wildman–Crippen MR) is 93.5 cm³/mol. The number of nitrogens with zero attached hydrogens (tertiary/aromatic N) is 1. The number of carbonyl (C=O) groups excluding carboxylic acids is 1.